The molecule has 5 heteroatoms. The molecule has 1 heterocycles. The SMILES string of the molecule is CSc1ccc(C2CN(CCO)C(=O)N2)cc1. The summed E-state index contributed by atoms with van der Waals surface area (Å²) in [5.41, 5.74) is 1.11. The first-order valence-electron chi connectivity index (χ1n) is 5.55. The molecule has 1 aromatic carbocycles. The van der Waals surface area contributed by atoms with Crippen molar-refractivity contribution in [1.29, 1.82) is 0 Å². The van der Waals surface area contributed by atoms with E-state index in [1.54, 1.807) is 16.7 Å². The zero-order chi connectivity index (χ0) is 12.3. The third kappa shape index (κ3) is 2.73. The molecule has 1 fully saturated rings. The smallest absolute Gasteiger partial charge is 0.318 e. The molecule has 0 aliphatic carbocycles. The second-order valence-electron chi connectivity index (χ2n) is 3.94. The highest BCUT2D eigenvalue weighted by Gasteiger charge is 2.28. The average Bonchev–Trinajstić information content (AvgIpc) is 2.72. The van der Waals surface area contributed by atoms with E-state index in [0.717, 1.165) is 5.56 Å². The Hall–Kier alpha value is -1.20. The number of urea groups is 1. The van der Waals surface area contributed by atoms with Crippen LogP contribution in [0.25, 0.3) is 0 Å². The highest BCUT2D eigenvalue weighted by atomic mass is 32.2. The third-order valence-corrected chi connectivity index (χ3v) is 3.62. The van der Waals surface area contributed by atoms with Crippen molar-refractivity contribution in [3.05, 3.63) is 29.8 Å². The highest BCUT2D eigenvalue weighted by molar-refractivity contribution is 7.98. The molecule has 1 atom stereocenters. The molecule has 1 aliphatic rings. The molecular weight excluding hydrogens is 236 g/mol. The second kappa shape index (κ2) is 5.42. The summed E-state index contributed by atoms with van der Waals surface area (Å²) in [6.45, 7) is 1.02. The molecule has 2 amide bonds. The molecule has 4 nitrogen and oxygen atoms in total. The van der Waals surface area contributed by atoms with Gasteiger partial charge in [-0.2, -0.15) is 0 Å². The Morgan fingerprint density at radius 3 is 2.76 bits per heavy atom. The first-order chi connectivity index (χ1) is 8.24. The predicted molar refractivity (Wildman–Crippen MR) is 68.2 cm³/mol. The molecule has 0 bridgehead atoms. The summed E-state index contributed by atoms with van der Waals surface area (Å²) in [7, 11) is 0. The van der Waals surface area contributed by atoms with E-state index in [0.29, 0.717) is 13.1 Å². The minimum absolute atomic E-state index is 0.00551. The first kappa shape index (κ1) is 12.3. The Morgan fingerprint density at radius 2 is 2.18 bits per heavy atom. The van der Waals surface area contributed by atoms with Gasteiger partial charge in [0.2, 0.25) is 0 Å². The fraction of sp³-hybridized carbons (Fsp3) is 0.417. The fourth-order valence-corrected chi connectivity index (χ4v) is 2.34. The topological polar surface area (TPSA) is 52.6 Å². The van der Waals surface area contributed by atoms with Crippen molar-refractivity contribution in [2.45, 2.75) is 10.9 Å². The molecule has 0 spiro atoms. The number of hydrogen-bond donors (Lipinski definition) is 2. The lowest BCUT2D eigenvalue weighted by molar-refractivity contribution is 0.196. The van der Waals surface area contributed by atoms with Crippen molar-refractivity contribution >= 4 is 17.8 Å². The van der Waals surface area contributed by atoms with Crippen LogP contribution in [0.3, 0.4) is 0 Å². The number of nitrogens with one attached hydrogen (secondary N) is 1. The maximum Gasteiger partial charge on any atom is 0.318 e. The number of carbonyl (C=O) groups excluding carboxylic acids is 1. The number of aliphatic hydroxyl groups is 1. The zero-order valence-electron chi connectivity index (χ0n) is 9.72. The van der Waals surface area contributed by atoms with Crippen LogP contribution in [0.5, 0.6) is 0 Å². The molecule has 1 unspecified atom stereocenters. The first-order valence-corrected chi connectivity index (χ1v) is 6.77. The van der Waals surface area contributed by atoms with Gasteiger partial charge in [0.05, 0.1) is 12.6 Å². The van der Waals surface area contributed by atoms with Crippen molar-refractivity contribution in [1.82, 2.24) is 10.2 Å². The van der Waals surface area contributed by atoms with Crippen LogP contribution >= 0.6 is 11.8 Å². The molecule has 17 heavy (non-hydrogen) atoms. The van der Waals surface area contributed by atoms with Crippen molar-refractivity contribution in [2.75, 3.05) is 26.0 Å². The predicted octanol–water partition coefficient (Wildman–Crippen LogP) is 1.47. The van der Waals surface area contributed by atoms with Crippen LogP contribution in [0.1, 0.15) is 11.6 Å². The summed E-state index contributed by atoms with van der Waals surface area (Å²) in [6.07, 6.45) is 2.04. The summed E-state index contributed by atoms with van der Waals surface area (Å²) in [4.78, 5) is 14.4. The second-order valence-corrected chi connectivity index (χ2v) is 4.82. The minimum atomic E-state index is -0.0991. The molecule has 2 N–H and O–H groups in total. The number of β-amino-alcohol motifs (C(OH)–C–C–N with tert-alkyl or cyclic N) is 1. The summed E-state index contributed by atoms with van der Waals surface area (Å²) < 4.78 is 0. The third-order valence-electron chi connectivity index (χ3n) is 2.88. The van der Waals surface area contributed by atoms with Crippen LogP contribution < -0.4 is 5.32 Å². The van der Waals surface area contributed by atoms with E-state index in [-0.39, 0.29) is 18.7 Å². The zero-order valence-corrected chi connectivity index (χ0v) is 10.5. The molecule has 0 radical (unpaired) electrons. The van der Waals surface area contributed by atoms with Crippen molar-refractivity contribution in [2.24, 2.45) is 0 Å². The van der Waals surface area contributed by atoms with Crippen LogP contribution in [0.15, 0.2) is 29.2 Å². The van der Waals surface area contributed by atoms with Crippen LogP contribution in [0.2, 0.25) is 0 Å². The summed E-state index contributed by atoms with van der Waals surface area (Å²) in [5.74, 6) is 0. The molecule has 92 valence electrons. The fourth-order valence-electron chi connectivity index (χ4n) is 1.93. The van der Waals surface area contributed by atoms with Gasteiger partial charge < -0.3 is 15.3 Å². The minimum Gasteiger partial charge on any atom is -0.395 e. The lowest BCUT2D eigenvalue weighted by atomic mass is 10.1. The van der Waals surface area contributed by atoms with Crippen molar-refractivity contribution < 1.29 is 9.90 Å². The number of aliphatic hydroxyl groups excluding tert-OH is 1. The molecule has 0 aromatic heterocycles. The summed E-state index contributed by atoms with van der Waals surface area (Å²) in [5, 5.41) is 11.8. The average molecular weight is 252 g/mol. The van der Waals surface area contributed by atoms with Crippen LogP contribution in [0, 0.1) is 0 Å². The molecule has 1 aromatic rings. The monoisotopic (exact) mass is 252 g/mol. The van der Waals surface area contributed by atoms with E-state index >= 15 is 0 Å². The number of thioether (sulfide) groups is 1. The standard InChI is InChI=1S/C12H16N2O2S/c1-17-10-4-2-9(3-5-10)11-8-14(6-7-15)12(16)13-11/h2-5,11,15H,6-8H2,1H3,(H,13,16). The van der Waals surface area contributed by atoms with Crippen LogP contribution in [-0.2, 0) is 0 Å². The number of nitrogens with zero attached hydrogens (tertiary/aromatic N) is 1. The Bertz CT molecular complexity index is 394. The van der Waals surface area contributed by atoms with Gasteiger partial charge in [-0.25, -0.2) is 4.79 Å². The Labute approximate surface area is 105 Å². The number of hydrogen-bond acceptors (Lipinski definition) is 3. The normalized spacial score (nSPS) is 19.5. The van der Waals surface area contributed by atoms with E-state index < -0.39 is 0 Å². The Morgan fingerprint density at radius 1 is 1.47 bits per heavy atom. The number of amides is 2. The van der Waals surface area contributed by atoms with Crippen molar-refractivity contribution in [3.8, 4) is 0 Å². The lowest BCUT2D eigenvalue weighted by Crippen LogP contribution is -2.30. The van der Waals surface area contributed by atoms with Crippen LogP contribution in [0.4, 0.5) is 4.79 Å². The van der Waals surface area contributed by atoms with E-state index in [1.807, 2.05) is 18.4 Å². The maximum atomic E-state index is 11.6. The quantitative estimate of drug-likeness (QED) is 0.798. The molecule has 2 rings (SSSR count). The van der Waals surface area contributed by atoms with Gasteiger partial charge in [0.25, 0.3) is 0 Å². The molecule has 1 aliphatic heterocycles. The van der Waals surface area contributed by atoms with Crippen molar-refractivity contribution in [3.63, 3.8) is 0 Å². The van der Waals surface area contributed by atoms with Gasteiger partial charge in [-0.1, -0.05) is 12.1 Å². The van der Waals surface area contributed by atoms with Gasteiger partial charge in [0.15, 0.2) is 0 Å². The Balaban J connectivity index is 2.06. The van der Waals surface area contributed by atoms with E-state index in [1.165, 1.54) is 4.90 Å². The van der Waals surface area contributed by atoms with Gasteiger partial charge in [-0.05, 0) is 24.0 Å². The van der Waals surface area contributed by atoms with Gasteiger partial charge in [0.1, 0.15) is 0 Å². The molecule has 1 saturated heterocycles. The Kier molecular flexibility index (Phi) is 3.91. The maximum absolute atomic E-state index is 11.6. The lowest BCUT2D eigenvalue weighted by Gasteiger charge is -2.12. The highest BCUT2D eigenvalue weighted by Crippen LogP contribution is 2.22. The number of carbonyl (C=O) groups is 1. The molecular formula is C12H16N2O2S. The van der Waals surface area contributed by atoms with Crippen LogP contribution in [-0.4, -0.2) is 42.0 Å². The van der Waals surface area contributed by atoms with E-state index in [4.69, 9.17) is 5.11 Å². The van der Waals surface area contributed by atoms with Gasteiger partial charge in [-0.15, -0.1) is 11.8 Å². The van der Waals surface area contributed by atoms with Gasteiger partial charge in [0, 0.05) is 18.0 Å². The number of rotatable bonds is 4. The molecule has 0 saturated carbocycles. The number of benzene rings is 1. The van der Waals surface area contributed by atoms with E-state index in [2.05, 4.69) is 17.4 Å². The summed E-state index contributed by atoms with van der Waals surface area (Å²) >= 11 is 1.70. The largest absolute Gasteiger partial charge is 0.395 e. The van der Waals surface area contributed by atoms with E-state index in [9.17, 15) is 4.79 Å². The van der Waals surface area contributed by atoms with Gasteiger partial charge in [-0.3, -0.25) is 0 Å². The summed E-state index contributed by atoms with van der Waals surface area (Å²) in [6, 6.07) is 8.13. The van der Waals surface area contributed by atoms with Gasteiger partial charge >= 0.3 is 6.03 Å².